The van der Waals surface area contributed by atoms with E-state index in [1.165, 1.54) is 0 Å². The second kappa shape index (κ2) is 2.81. The second-order valence-corrected chi connectivity index (χ2v) is 2.32. The molecule has 0 bridgehead atoms. The Kier molecular flexibility index (Phi) is 2.04. The molecule has 0 aromatic heterocycles. The molecule has 0 aromatic rings. The molecule has 0 saturated carbocycles. The average Bonchev–Trinajstić information content (AvgIpc) is 2.18. The highest BCUT2D eigenvalue weighted by molar-refractivity contribution is 4.85. The van der Waals surface area contributed by atoms with E-state index in [1.54, 1.807) is 0 Å². The van der Waals surface area contributed by atoms with Crippen LogP contribution in [-0.2, 0) is 4.74 Å². The van der Waals surface area contributed by atoms with E-state index in [4.69, 9.17) is 15.7 Å². The Morgan fingerprint density at radius 1 is 1.67 bits per heavy atom. The molecule has 0 aliphatic carbocycles. The summed E-state index contributed by atoms with van der Waals surface area (Å²) >= 11 is 0. The van der Waals surface area contributed by atoms with Crippen molar-refractivity contribution in [1.29, 1.82) is 5.26 Å². The van der Waals surface area contributed by atoms with E-state index in [1.807, 2.05) is 0 Å². The molecule has 1 heterocycles. The largest absolute Gasteiger partial charge is 0.379 e. The highest BCUT2D eigenvalue weighted by atomic mass is 16.5. The minimum absolute atomic E-state index is 0.0876. The van der Waals surface area contributed by atoms with E-state index in [2.05, 4.69) is 6.07 Å². The smallest absolute Gasteiger partial charge is 0.0626 e. The van der Waals surface area contributed by atoms with Crippen molar-refractivity contribution in [1.82, 2.24) is 0 Å². The summed E-state index contributed by atoms with van der Waals surface area (Å²) in [7, 11) is 0. The van der Waals surface area contributed by atoms with Gasteiger partial charge in [-0.2, -0.15) is 5.26 Å². The van der Waals surface area contributed by atoms with E-state index < -0.39 is 0 Å². The fourth-order valence-corrected chi connectivity index (χ4v) is 0.943. The molecule has 0 radical (unpaired) electrons. The van der Waals surface area contributed by atoms with Crippen LogP contribution in [0.2, 0.25) is 0 Å². The maximum Gasteiger partial charge on any atom is 0.0626 e. The quantitative estimate of drug-likeness (QED) is 0.532. The number of nitriles is 1. The SMILES string of the molecule is N#CC[C@H]1COC[C@@H]1N. The molecular weight excluding hydrogens is 116 g/mol. The predicted octanol–water partition coefficient (Wildman–Crippen LogP) is -0.126. The monoisotopic (exact) mass is 126 g/mol. The van der Waals surface area contributed by atoms with E-state index in [-0.39, 0.29) is 12.0 Å². The second-order valence-electron chi connectivity index (χ2n) is 2.32. The summed E-state index contributed by atoms with van der Waals surface area (Å²) in [5, 5.41) is 8.28. The lowest BCUT2D eigenvalue weighted by molar-refractivity contribution is 0.185. The first kappa shape index (κ1) is 6.53. The molecule has 3 nitrogen and oxygen atoms in total. The van der Waals surface area contributed by atoms with Crippen LogP contribution in [-0.4, -0.2) is 19.3 Å². The van der Waals surface area contributed by atoms with Crippen molar-refractivity contribution in [3.63, 3.8) is 0 Å². The highest BCUT2D eigenvalue weighted by Crippen LogP contribution is 2.13. The molecule has 2 N–H and O–H groups in total. The van der Waals surface area contributed by atoms with Gasteiger partial charge in [0, 0.05) is 18.4 Å². The van der Waals surface area contributed by atoms with Crippen LogP contribution in [0.25, 0.3) is 0 Å². The summed E-state index contributed by atoms with van der Waals surface area (Å²) in [5.74, 6) is 0.273. The van der Waals surface area contributed by atoms with E-state index in [0.717, 1.165) is 0 Å². The lowest BCUT2D eigenvalue weighted by Crippen LogP contribution is -2.27. The van der Waals surface area contributed by atoms with Crippen LogP contribution in [0.4, 0.5) is 0 Å². The molecule has 1 rings (SSSR count). The molecule has 1 fully saturated rings. The van der Waals surface area contributed by atoms with Crippen molar-refractivity contribution in [2.45, 2.75) is 12.5 Å². The Labute approximate surface area is 54.4 Å². The van der Waals surface area contributed by atoms with Gasteiger partial charge in [-0.15, -0.1) is 0 Å². The third-order valence-corrected chi connectivity index (χ3v) is 1.60. The van der Waals surface area contributed by atoms with Gasteiger partial charge in [-0.25, -0.2) is 0 Å². The van der Waals surface area contributed by atoms with Crippen LogP contribution >= 0.6 is 0 Å². The van der Waals surface area contributed by atoms with Crippen LogP contribution in [0.1, 0.15) is 6.42 Å². The Morgan fingerprint density at radius 3 is 2.89 bits per heavy atom. The number of rotatable bonds is 1. The van der Waals surface area contributed by atoms with Gasteiger partial charge in [-0.1, -0.05) is 0 Å². The highest BCUT2D eigenvalue weighted by Gasteiger charge is 2.23. The fourth-order valence-electron chi connectivity index (χ4n) is 0.943. The van der Waals surface area contributed by atoms with Crippen LogP contribution < -0.4 is 5.73 Å². The van der Waals surface area contributed by atoms with Crippen LogP contribution in [0, 0.1) is 17.2 Å². The molecule has 1 aliphatic heterocycles. The number of nitrogens with two attached hydrogens (primary N) is 1. The summed E-state index contributed by atoms with van der Waals surface area (Å²) in [5.41, 5.74) is 5.59. The standard InChI is InChI=1S/C6H10N2O/c7-2-1-5-3-9-4-6(5)8/h5-6H,1,3-4,8H2/t5-,6-/m0/s1. The molecule has 50 valence electrons. The van der Waals surface area contributed by atoms with E-state index in [9.17, 15) is 0 Å². The van der Waals surface area contributed by atoms with Crippen LogP contribution in [0.15, 0.2) is 0 Å². The van der Waals surface area contributed by atoms with E-state index in [0.29, 0.717) is 19.6 Å². The molecule has 0 aromatic carbocycles. The zero-order valence-electron chi connectivity index (χ0n) is 5.21. The minimum Gasteiger partial charge on any atom is -0.379 e. The first-order valence-electron chi connectivity index (χ1n) is 3.05. The van der Waals surface area contributed by atoms with Gasteiger partial charge in [0.2, 0.25) is 0 Å². The lowest BCUT2D eigenvalue weighted by Gasteiger charge is -2.06. The van der Waals surface area contributed by atoms with Crippen molar-refractivity contribution in [3.8, 4) is 6.07 Å². The minimum atomic E-state index is 0.0876. The van der Waals surface area contributed by atoms with Gasteiger partial charge < -0.3 is 10.5 Å². The van der Waals surface area contributed by atoms with Crippen LogP contribution in [0.5, 0.6) is 0 Å². The number of ether oxygens (including phenoxy) is 1. The zero-order valence-corrected chi connectivity index (χ0v) is 5.21. The predicted molar refractivity (Wildman–Crippen MR) is 32.5 cm³/mol. The Bertz CT molecular complexity index is 130. The number of nitrogens with zero attached hydrogens (tertiary/aromatic N) is 1. The molecule has 0 spiro atoms. The van der Waals surface area contributed by atoms with Crippen molar-refractivity contribution in [3.05, 3.63) is 0 Å². The van der Waals surface area contributed by atoms with Crippen molar-refractivity contribution in [2.24, 2.45) is 11.7 Å². The Morgan fingerprint density at radius 2 is 2.44 bits per heavy atom. The molecule has 1 saturated heterocycles. The lowest BCUT2D eigenvalue weighted by atomic mass is 10.0. The molecule has 9 heavy (non-hydrogen) atoms. The molecule has 2 atom stereocenters. The summed E-state index contributed by atoms with van der Waals surface area (Å²) in [6.45, 7) is 1.28. The fraction of sp³-hybridized carbons (Fsp3) is 0.833. The van der Waals surface area contributed by atoms with Crippen LogP contribution in [0.3, 0.4) is 0 Å². The first-order chi connectivity index (χ1) is 4.34. The van der Waals surface area contributed by atoms with Gasteiger partial charge in [0.25, 0.3) is 0 Å². The van der Waals surface area contributed by atoms with Gasteiger partial charge in [0.05, 0.1) is 19.3 Å². The summed E-state index contributed by atoms with van der Waals surface area (Å²) < 4.78 is 5.05. The maximum atomic E-state index is 8.28. The summed E-state index contributed by atoms with van der Waals surface area (Å²) in [6, 6.07) is 2.17. The molecular formula is C6H10N2O. The zero-order chi connectivity index (χ0) is 6.69. The normalized spacial score (nSPS) is 34.2. The molecule has 0 amide bonds. The summed E-state index contributed by atoms with van der Waals surface area (Å²) in [6.07, 6.45) is 0.529. The van der Waals surface area contributed by atoms with Gasteiger partial charge >= 0.3 is 0 Å². The first-order valence-corrected chi connectivity index (χ1v) is 3.05. The summed E-state index contributed by atoms with van der Waals surface area (Å²) in [4.78, 5) is 0. The maximum absolute atomic E-state index is 8.28. The molecule has 1 aliphatic rings. The van der Waals surface area contributed by atoms with Crippen molar-refractivity contribution in [2.75, 3.05) is 13.2 Å². The Balaban J connectivity index is 2.33. The van der Waals surface area contributed by atoms with Crippen molar-refractivity contribution < 1.29 is 4.74 Å². The number of hydrogen-bond acceptors (Lipinski definition) is 3. The van der Waals surface area contributed by atoms with Gasteiger partial charge in [-0.05, 0) is 0 Å². The third-order valence-electron chi connectivity index (χ3n) is 1.60. The molecule has 3 heteroatoms. The topological polar surface area (TPSA) is 59.0 Å². The van der Waals surface area contributed by atoms with Gasteiger partial charge in [0.1, 0.15) is 0 Å². The third kappa shape index (κ3) is 1.41. The van der Waals surface area contributed by atoms with E-state index >= 15 is 0 Å². The van der Waals surface area contributed by atoms with Crippen molar-refractivity contribution >= 4 is 0 Å². The number of hydrogen-bond donors (Lipinski definition) is 1. The molecule has 0 unspecified atom stereocenters. The Hall–Kier alpha value is -0.590. The average molecular weight is 126 g/mol. The van der Waals surface area contributed by atoms with Gasteiger partial charge in [-0.3, -0.25) is 0 Å². The van der Waals surface area contributed by atoms with Gasteiger partial charge in [0.15, 0.2) is 0 Å².